The molecule has 0 aliphatic carbocycles. The van der Waals surface area contributed by atoms with E-state index in [1.54, 1.807) is 12.4 Å². The van der Waals surface area contributed by atoms with Gasteiger partial charge in [-0.2, -0.15) is 0 Å². The van der Waals surface area contributed by atoms with E-state index in [0.29, 0.717) is 10.7 Å². The number of amides is 2. The smallest absolute Gasteiger partial charge is 0.319 e. The number of pyridine rings is 1. The molecule has 3 rings (SSSR count). The molecule has 6 heteroatoms. The Morgan fingerprint density at radius 2 is 1.88 bits per heavy atom. The number of urea groups is 1. The zero-order chi connectivity index (χ0) is 17.6. The fourth-order valence-corrected chi connectivity index (χ4v) is 3.38. The van der Waals surface area contributed by atoms with Crippen molar-refractivity contribution in [2.45, 2.75) is 32.2 Å². The topological polar surface area (TPSA) is 57.3 Å². The molecule has 0 saturated carbocycles. The number of aromatic nitrogens is 1. The molecule has 0 radical (unpaired) electrons. The van der Waals surface area contributed by atoms with Crippen LogP contribution in [0.15, 0.2) is 42.7 Å². The zero-order valence-electron chi connectivity index (χ0n) is 14.3. The summed E-state index contributed by atoms with van der Waals surface area (Å²) in [6.07, 6.45) is 7.11. The van der Waals surface area contributed by atoms with Crippen molar-refractivity contribution in [2.24, 2.45) is 0 Å². The molecule has 1 aromatic carbocycles. The van der Waals surface area contributed by atoms with E-state index >= 15 is 0 Å². The summed E-state index contributed by atoms with van der Waals surface area (Å²) in [5.41, 5.74) is 2.73. The van der Waals surface area contributed by atoms with E-state index in [2.05, 4.69) is 20.5 Å². The maximum atomic E-state index is 12.2. The number of hydrogen-bond acceptors (Lipinski definition) is 3. The van der Waals surface area contributed by atoms with Crippen molar-refractivity contribution in [1.82, 2.24) is 10.3 Å². The lowest BCUT2D eigenvalue weighted by Gasteiger charge is -2.29. The van der Waals surface area contributed by atoms with Crippen LogP contribution in [-0.2, 0) is 0 Å². The first-order valence-electron chi connectivity index (χ1n) is 8.65. The van der Waals surface area contributed by atoms with Gasteiger partial charge in [0.25, 0.3) is 0 Å². The Labute approximate surface area is 153 Å². The Balaban J connectivity index is 1.60. The van der Waals surface area contributed by atoms with Crippen LogP contribution in [0.5, 0.6) is 0 Å². The fraction of sp³-hybridized carbons (Fsp3) is 0.368. The van der Waals surface area contributed by atoms with Crippen LogP contribution >= 0.6 is 11.6 Å². The lowest BCUT2D eigenvalue weighted by Crippen LogP contribution is -2.31. The lowest BCUT2D eigenvalue weighted by atomic mass is 10.1. The van der Waals surface area contributed by atoms with Crippen LogP contribution in [0.25, 0.3) is 0 Å². The highest BCUT2D eigenvalue weighted by molar-refractivity contribution is 6.33. The van der Waals surface area contributed by atoms with Gasteiger partial charge in [0.2, 0.25) is 0 Å². The number of nitrogens with one attached hydrogen (secondary N) is 2. The summed E-state index contributed by atoms with van der Waals surface area (Å²) in [5.74, 6) is 0. The molecular formula is C19H23ClN4O. The highest BCUT2D eigenvalue weighted by Crippen LogP contribution is 2.30. The largest absolute Gasteiger partial charge is 0.370 e. The van der Waals surface area contributed by atoms with Gasteiger partial charge in [-0.3, -0.25) is 4.98 Å². The number of rotatable bonds is 4. The van der Waals surface area contributed by atoms with Gasteiger partial charge in [-0.05, 0) is 62.1 Å². The van der Waals surface area contributed by atoms with Crippen molar-refractivity contribution < 1.29 is 4.79 Å². The lowest BCUT2D eigenvalue weighted by molar-refractivity contribution is 0.249. The molecule has 2 N–H and O–H groups in total. The van der Waals surface area contributed by atoms with Crippen molar-refractivity contribution in [3.05, 3.63) is 53.3 Å². The second-order valence-corrected chi connectivity index (χ2v) is 6.72. The van der Waals surface area contributed by atoms with Crippen LogP contribution in [0, 0.1) is 0 Å². The molecule has 1 aromatic heterocycles. The average molecular weight is 359 g/mol. The molecule has 0 unspecified atom stereocenters. The van der Waals surface area contributed by atoms with Crippen LogP contribution in [0.1, 0.15) is 37.8 Å². The second-order valence-electron chi connectivity index (χ2n) is 6.31. The molecule has 2 aromatic rings. The van der Waals surface area contributed by atoms with Crippen molar-refractivity contribution >= 4 is 29.0 Å². The molecular weight excluding hydrogens is 336 g/mol. The van der Waals surface area contributed by atoms with Crippen LogP contribution in [0.3, 0.4) is 0 Å². The normalized spacial score (nSPS) is 15.5. The van der Waals surface area contributed by atoms with Gasteiger partial charge < -0.3 is 15.5 Å². The number of carbonyl (C=O) groups excluding carboxylic acids is 1. The molecule has 1 atom stereocenters. The summed E-state index contributed by atoms with van der Waals surface area (Å²) < 4.78 is 0. The molecule has 1 fully saturated rings. The van der Waals surface area contributed by atoms with Gasteiger partial charge in [0.15, 0.2) is 0 Å². The Kier molecular flexibility index (Phi) is 5.76. The minimum atomic E-state index is -0.258. The number of carbonyl (C=O) groups is 1. The average Bonchev–Trinajstić information content (AvgIpc) is 2.63. The van der Waals surface area contributed by atoms with E-state index in [1.807, 2.05) is 37.3 Å². The summed E-state index contributed by atoms with van der Waals surface area (Å²) in [5, 5.41) is 6.42. The molecule has 1 saturated heterocycles. The molecule has 0 spiro atoms. The molecule has 1 aliphatic rings. The van der Waals surface area contributed by atoms with E-state index in [4.69, 9.17) is 11.6 Å². The Morgan fingerprint density at radius 3 is 2.56 bits per heavy atom. The van der Waals surface area contributed by atoms with Crippen LogP contribution in [0.2, 0.25) is 5.02 Å². The standard InChI is InChI=1S/C19H23ClN4O/c1-14(15-7-9-21-10-8-15)22-19(25)23-16-5-6-18(17(20)13-16)24-11-3-2-4-12-24/h5-10,13-14H,2-4,11-12H2,1H3,(H2,22,23,25)/t14-/m0/s1. The molecule has 0 bridgehead atoms. The van der Waals surface area contributed by atoms with Crippen molar-refractivity contribution in [1.29, 1.82) is 0 Å². The molecule has 5 nitrogen and oxygen atoms in total. The van der Waals surface area contributed by atoms with E-state index in [0.717, 1.165) is 24.3 Å². The minimum Gasteiger partial charge on any atom is -0.370 e. The van der Waals surface area contributed by atoms with E-state index in [9.17, 15) is 4.79 Å². The van der Waals surface area contributed by atoms with E-state index < -0.39 is 0 Å². The van der Waals surface area contributed by atoms with E-state index in [1.165, 1.54) is 19.3 Å². The maximum absolute atomic E-state index is 12.2. The van der Waals surface area contributed by atoms with Crippen LogP contribution in [-0.4, -0.2) is 24.1 Å². The Hall–Kier alpha value is -2.27. The van der Waals surface area contributed by atoms with E-state index in [-0.39, 0.29) is 12.1 Å². The van der Waals surface area contributed by atoms with Gasteiger partial charge in [-0.25, -0.2) is 4.79 Å². The van der Waals surface area contributed by atoms with Gasteiger partial charge in [0.05, 0.1) is 16.8 Å². The third-order valence-electron chi connectivity index (χ3n) is 4.46. The summed E-state index contributed by atoms with van der Waals surface area (Å²) in [4.78, 5) is 18.5. The van der Waals surface area contributed by atoms with Gasteiger partial charge in [-0.15, -0.1) is 0 Å². The predicted octanol–water partition coefficient (Wildman–Crippen LogP) is 4.61. The van der Waals surface area contributed by atoms with Gasteiger partial charge in [0.1, 0.15) is 0 Å². The highest BCUT2D eigenvalue weighted by Gasteiger charge is 2.15. The SMILES string of the molecule is C[C@H](NC(=O)Nc1ccc(N2CCCCC2)c(Cl)c1)c1ccncc1. The zero-order valence-corrected chi connectivity index (χ0v) is 15.1. The third-order valence-corrected chi connectivity index (χ3v) is 4.76. The Bertz CT molecular complexity index is 717. The van der Waals surface area contributed by atoms with Crippen molar-refractivity contribution in [2.75, 3.05) is 23.3 Å². The van der Waals surface area contributed by atoms with Crippen molar-refractivity contribution in [3.8, 4) is 0 Å². The third kappa shape index (κ3) is 4.63. The number of halogens is 1. The molecule has 2 amide bonds. The first kappa shape index (κ1) is 17.5. The quantitative estimate of drug-likeness (QED) is 0.839. The minimum absolute atomic E-state index is 0.105. The molecule has 2 heterocycles. The summed E-state index contributed by atoms with van der Waals surface area (Å²) in [6, 6.07) is 9.09. The summed E-state index contributed by atoms with van der Waals surface area (Å²) >= 11 is 6.43. The van der Waals surface area contributed by atoms with Crippen molar-refractivity contribution in [3.63, 3.8) is 0 Å². The number of piperidine rings is 1. The van der Waals surface area contributed by atoms with Gasteiger partial charge in [-0.1, -0.05) is 11.6 Å². The number of benzene rings is 1. The monoisotopic (exact) mass is 358 g/mol. The molecule has 1 aliphatic heterocycles. The van der Waals surface area contributed by atoms with Crippen LogP contribution in [0.4, 0.5) is 16.2 Å². The number of hydrogen-bond donors (Lipinski definition) is 2. The molecule has 132 valence electrons. The fourth-order valence-electron chi connectivity index (χ4n) is 3.08. The number of anilines is 2. The maximum Gasteiger partial charge on any atom is 0.319 e. The predicted molar refractivity (Wildman–Crippen MR) is 102 cm³/mol. The summed E-state index contributed by atoms with van der Waals surface area (Å²) in [7, 11) is 0. The van der Waals surface area contributed by atoms with Crippen LogP contribution < -0.4 is 15.5 Å². The van der Waals surface area contributed by atoms with Gasteiger partial charge in [0, 0.05) is 31.2 Å². The van der Waals surface area contributed by atoms with Gasteiger partial charge >= 0.3 is 6.03 Å². The molecule has 25 heavy (non-hydrogen) atoms. The first-order valence-corrected chi connectivity index (χ1v) is 9.03. The number of nitrogens with zero attached hydrogens (tertiary/aromatic N) is 2. The highest BCUT2D eigenvalue weighted by atomic mass is 35.5. The first-order chi connectivity index (χ1) is 12.1. The summed E-state index contributed by atoms with van der Waals surface area (Å²) in [6.45, 7) is 4.01. The Morgan fingerprint density at radius 1 is 1.16 bits per heavy atom. The second kappa shape index (κ2) is 8.21.